The Morgan fingerprint density at radius 1 is 1.35 bits per heavy atom. The quantitative estimate of drug-likeness (QED) is 0.816. The van der Waals surface area contributed by atoms with Gasteiger partial charge in [-0.3, -0.25) is 0 Å². The number of hydrogen-bond acceptors (Lipinski definition) is 3. The summed E-state index contributed by atoms with van der Waals surface area (Å²) in [6, 6.07) is 5.12. The number of nitrogens with zero attached hydrogens (tertiary/aromatic N) is 2. The molecule has 1 fully saturated rings. The highest BCUT2D eigenvalue weighted by molar-refractivity contribution is 9.10. The van der Waals surface area contributed by atoms with Crippen LogP contribution in [0.15, 0.2) is 22.7 Å². The molecule has 0 unspecified atom stereocenters. The van der Waals surface area contributed by atoms with Crippen molar-refractivity contribution < 1.29 is 4.39 Å². The Balaban J connectivity index is 2.13. The fourth-order valence-electron chi connectivity index (χ4n) is 1.98. The summed E-state index contributed by atoms with van der Waals surface area (Å²) in [5, 5.41) is 3.06. The van der Waals surface area contributed by atoms with E-state index >= 15 is 0 Å². The Kier molecular flexibility index (Phi) is 3.65. The van der Waals surface area contributed by atoms with E-state index < -0.39 is 5.82 Å². The molecular weight excluding hydrogens is 345 g/mol. The molecule has 0 atom stereocenters. The van der Waals surface area contributed by atoms with Gasteiger partial charge in [0.15, 0.2) is 5.82 Å². The fraction of sp³-hybridized carbons (Fsp3) is 0.286. The molecule has 1 aliphatic rings. The van der Waals surface area contributed by atoms with E-state index in [0.29, 0.717) is 27.5 Å². The van der Waals surface area contributed by atoms with Crippen LogP contribution in [-0.4, -0.2) is 17.0 Å². The minimum absolute atomic E-state index is 0.0695. The molecule has 1 aromatic carbocycles. The van der Waals surface area contributed by atoms with Crippen molar-refractivity contribution in [3.63, 3.8) is 0 Å². The molecule has 1 aliphatic carbocycles. The van der Waals surface area contributed by atoms with Crippen LogP contribution in [0.3, 0.4) is 0 Å². The van der Waals surface area contributed by atoms with Gasteiger partial charge in [-0.1, -0.05) is 11.6 Å². The molecule has 104 valence electrons. The highest BCUT2D eigenvalue weighted by Gasteiger charge is 2.28. The van der Waals surface area contributed by atoms with Crippen LogP contribution in [0.5, 0.6) is 0 Å². The van der Waals surface area contributed by atoms with Gasteiger partial charge >= 0.3 is 0 Å². The number of nitrogens with one attached hydrogen (secondary N) is 1. The number of aromatic nitrogens is 2. The summed E-state index contributed by atoms with van der Waals surface area (Å²) in [4.78, 5) is 8.90. The zero-order chi connectivity index (χ0) is 14.3. The molecule has 0 aliphatic heterocycles. The van der Waals surface area contributed by atoms with Crippen molar-refractivity contribution in [3.8, 4) is 11.3 Å². The van der Waals surface area contributed by atoms with Gasteiger partial charge in [-0.15, -0.1) is 0 Å². The highest BCUT2D eigenvalue weighted by Crippen LogP contribution is 2.40. The van der Waals surface area contributed by atoms with E-state index in [0.717, 1.165) is 18.7 Å². The summed E-state index contributed by atoms with van der Waals surface area (Å²) >= 11 is 9.15. The highest BCUT2D eigenvalue weighted by atomic mass is 79.9. The van der Waals surface area contributed by atoms with Crippen molar-refractivity contribution in [1.82, 2.24) is 9.97 Å². The molecule has 0 bridgehead atoms. The predicted octanol–water partition coefficient (Wildman–Crippen LogP) is 4.62. The molecule has 1 aromatic heterocycles. The standard InChI is InChI=1S/C14H12BrClFN3/c1-18-11-6-10(19-14(20-11)7-2-3-7)8-4-5-9(15)12(16)13(8)17/h4-7H,2-3H2,1H3,(H,18,19,20). The van der Waals surface area contributed by atoms with Crippen LogP contribution in [0.1, 0.15) is 24.6 Å². The summed E-state index contributed by atoms with van der Waals surface area (Å²) in [6.45, 7) is 0. The largest absolute Gasteiger partial charge is 0.373 e. The molecule has 0 radical (unpaired) electrons. The lowest BCUT2D eigenvalue weighted by atomic mass is 10.1. The van der Waals surface area contributed by atoms with Crippen molar-refractivity contribution in [3.05, 3.63) is 39.3 Å². The molecule has 3 rings (SSSR count). The van der Waals surface area contributed by atoms with Crippen LogP contribution in [0, 0.1) is 5.82 Å². The zero-order valence-corrected chi connectivity index (χ0v) is 13.1. The minimum Gasteiger partial charge on any atom is -0.373 e. The van der Waals surface area contributed by atoms with E-state index in [1.165, 1.54) is 0 Å². The lowest BCUT2D eigenvalue weighted by Gasteiger charge is -2.09. The molecule has 1 saturated carbocycles. The van der Waals surface area contributed by atoms with Crippen LogP contribution in [-0.2, 0) is 0 Å². The van der Waals surface area contributed by atoms with E-state index in [1.54, 1.807) is 25.2 Å². The summed E-state index contributed by atoms with van der Waals surface area (Å²) in [5.74, 6) is 1.39. The second kappa shape index (κ2) is 5.30. The van der Waals surface area contributed by atoms with E-state index in [-0.39, 0.29) is 5.02 Å². The van der Waals surface area contributed by atoms with Crippen molar-refractivity contribution >= 4 is 33.3 Å². The molecule has 1 N–H and O–H groups in total. The maximum absolute atomic E-state index is 14.3. The first-order chi connectivity index (χ1) is 9.60. The number of anilines is 1. The Morgan fingerprint density at radius 2 is 2.10 bits per heavy atom. The van der Waals surface area contributed by atoms with Crippen LogP contribution >= 0.6 is 27.5 Å². The molecule has 0 saturated heterocycles. The van der Waals surface area contributed by atoms with Gasteiger partial charge in [0, 0.05) is 29.1 Å². The molecule has 1 heterocycles. The predicted molar refractivity (Wildman–Crippen MR) is 81.7 cm³/mol. The van der Waals surface area contributed by atoms with E-state index in [9.17, 15) is 4.39 Å². The van der Waals surface area contributed by atoms with Crippen molar-refractivity contribution in [2.24, 2.45) is 0 Å². The number of rotatable bonds is 3. The smallest absolute Gasteiger partial charge is 0.152 e. The maximum Gasteiger partial charge on any atom is 0.152 e. The Hall–Kier alpha value is -1.20. The van der Waals surface area contributed by atoms with Gasteiger partial charge in [0.25, 0.3) is 0 Å². The Labute approximate surface area is 129 Å². The number of benzene rings is 1. The van der Waals surface area contributed by atoms with Crippen molar-refractivity contribution in [2.45, 2.75) is 18.8 Å². The third-order valence-electron chi connectivity index (χ3n) is 3.25. The molecule has 3 nitrogen and oxygen atoms in total. The summed E-state index contributed by atoms with van der Waals surface area (Å²) in [7, 11) is 1.79. The van der Waals surface area contributed by atoms with Crippen molar-refractivity contribution in [1.29, 1.82) is 0 Å². The van der Waals surface area contributed by atoms with Crippen LogP contribution < -0.4 is 5.32 Å². The molecular formula is C14H12BrClFN3. The Morgan fingerprint density at radius 3 is 2.75 bits per heavy atom. The summed E-state index contributed by atoms with van der Waals surface area (Å²) in [6.07, 6.45) is 2.19. The average molecular weight is 357 g/mol. The summed E-state index contributed by atoms with van der Waals surface area (Å²) in [5.41, 5.74) is 0.942. The van der Waals surface area contributed by atoms with Crippen LogP contribution in [0.4, 0.5) is 10.2 Å². The lowest BCUT2D eigenvalue weighted by molar-refractivity contribution is 0.630. The van der Waals surface area contributed by atoms with E-state index in [2.05, 4.69) is 31.2 Å². The first-order valence-electron chi connectivity index (χ1n) is 6.30. The van der Waals surface area contributed by atoms with Gasteiger partial charge < -0.3 is 5.32 Å². The van der Waals surface area contributed by atoms with Gasteiger partial charge in [-0.25, -0.2) is 14.4 Å². The molecule has 0 spiro atoms. The van der Waals surface area contributed by atoms with Gasteiger partial charge in [0.2, 0.25) is 0 Å². The first-order valence-corrected chi connectivity index (χ1v) is 7.48. The topological polar surface area (TPSA) is 37.8 Å². The van der Waals surface area contributed by atoms with Gasteiger partial charge in [0.05, 0.1) is 10.7 Å². The first kappa shape index (κ1) is 13.8. The maximum atomic E-state index is 14.3. The zero-order valence-electron chi connectivity index (χ0n) is 10.8. The third kappa shape index (κ3) is 2.52. The summed E-state index contributed by atoms with van der Waals surface area (Å²) < 4.78 is 14.8. The SMILES string of the molecule is CNc1cc(-c2ccc(Br)c(Cl)c2F)nc(C2CC2)n1. The number of hydrogen-bond donors (Lipinski definition) is 1. The molecule has 2 aromatic rings. The Bertz CT molecular complexity index is 674. The van der Waals surface area contributed by atoms with Gasteiger partial charge in [0.1, 0.15) is 11.6 Å². The lowest BCUT2D eigenvalue weighted by Crippen LogP contribution is -2.01. The number of halogens is 3. The molecule has 6 heteroatoms. The van der Waals surface area contributed by atoms with Crippen molar-refractivity contribution in [2.75, 3.05) is 12.4 Å². The van der Waals surface area contributed by atoms with E-state index in [1.807, 2.05) is 0 Å². The van der Waals surface area contributed by atoms with Crippen LogP contribution in [0.2, 0.25) is 5.02 Å². The molecule has 0 amide bonds. The van der Waals surface area contributed by atoms with Crippen LogP contribution in [0.25, 0.3) is 11.3 Å². The van der Waals surface area contributed by atoms with Gasteiger partial charge in [-0.05, 0) is 40.9 Å². The second-order valence-corrected chi connectivity index (χ2v) is 5.98. The fourth-order valence-corrected chi connectivity index (χ4v) is 2.45. The minimum atomic E-state index is -0.469. The molecule has 20 heavy (non-hydrogen) atoms. The monoisotopic (exact) mass is 355 g/mol. The normalized spacial score (nSPS) is 14.4. The van der Waals surface area contributed by atoms with E-state index in [4.69, 9.17) is 11.6 Å². The average Bonchev–Trinajstić information content (AvgIpc) is 3.29. The van der Waals surface area contributed by atoms with Gasteiger partial charge in [-0.2, -0.15) is 0 Å². The second-order valence-electron chi connectivity index (χ2n) is 4.74. The third-order valence-corrected chi connectivity index (χ3v) is 4.51.